The second-order valence-corrected chi connectivity index (χ2v) is 5.82. The van der Waals surface area contributed by atoms with Gasteiger partial charge in [-0.3, -0.25) is 9.59 Å². The Kier molecular flexibility index (Phi) is 5.19. The number of carboxylic acid groups (broad SMARTS) is 1. The maximum atomic E-state index is 12.1. The van der Waals surface area contributed by atoms with E-state index in [1.807, 2.05) is 0 Å². The number of nitrogens with two attached hydrogens (primary N) is 1. The molecule has 0 radical (unpaired) electrons. The van der Waals surface area contributed by atoms with E-state index >= 15 is 0 Å². The first-order chi connectivity index (χ1) is 10.8. The molecule has 1 aromatic carbocycles. The van der Waals surface area contributed by atoms with E-state index in [9.17, 15) is 24.6 Å². The van der Waals surface area contributed by atoms with Crippen molar-refractivity contribution in [2.24, 2.45) is 11.7 Å². The van der Waals surface area contributed by atoms with E-state index in [-0.39, 0.29) is 54.2 Å². The predicted octanol–water partition coefficient (Wildman–Crippen LogP) is -2.69. The number of β-lactam (4-membered cyclic amide) rings is 1. The molecule has 7 nitrogen and oxygen atoms in total. The fraction of sp³-hybridized carbons (Fsp3) is 0.312. The van der Waals surface area contributed by atoms with Crippen LogP contribution in [0.1, 0.15) is 30.7 Å². The van der Waals surface area contributed by atoms with Gasteiger partial charge in [0.2, 0.25) is 11.8 Å². The van der Waals surface area contributed by atoms with Crippen LogP contribution in [0.4, 0.5) is 0 Å². The smallest absolute Gasteiger partial charge is 1.00 e. The number of rotatable bonds is 4. The molecule has 2 aliphatic rings. The predicted molar refractivity (Wildman–Crippen MR) is 81.0 cm³/mol. The summed E-state index contributed by atoms with van der Waals surface area (Å²) in [6.45, 7) is 1.52. The molecule has 4 N–H and O–H groups in total. The number of aliphatic hydroxyl groups is 1. The number of fused-ring (bicyclic) bond motifs is 1. The minimum Gasteiger partial charge on any atom is -1.00 e. The number of primary amides is 1. The van der Waals surface area contributed by atoms with Crippen molar-refractivity contribution < 1.29 is 55.6 Å². The summed E-state index contributed by atoms with van der Waals surface area (Å²) in [6.07, 6.45) is -0.513. The van der Waals surface area contributed by atoms with Crippen molar-refractivity contribution in [3.05, 3.63) is 41.1 Å². The Labute approximate surface area is 161 Å². The van der Waals surface area contributed by atoms with Crippen molar-refractivity contribution in [1.82, 2.24) is 4.90 Å². The van der Waals surface area contributed by atoms with Crippen LogP contribution in [0, 0.1) is 5.92 Å². The molecule has 2 amide bonds. The third kappa shape index (κ3) is 2.77. The van der Waals surface area contributed by atoms with Gasteiger partial charge in [0.15, 0.2) is 0 Å². The molecule has 1 saturated heterocycles. The summed E-state index contributed by atoms with van der Waals surface area (Å²) in [7, 11) is 0. The Morgan fingerprint density at radius 3 is 2.62 bits per heavy atom. The second-order valence-electron chi connectivity index (χ2n) is 5.82. The maximum Gasteiger partial charge on any atom is 1.00 e. The largest absolute Gasteiger partial charge is 1.00 e. The van der Waals surface area contributed by atoms with Crippen LogP contribution in [0.5, 0.6) is 0 Å². The number of benzene rings is 1. The Hall–Kier alpha value is -1.67. The molecular weight excluding hydrogens is 323 g/mol. The molecule has 3 atom stereocenters. The molecule has 2 heterocycles. The molecule has 24 heavy (non-hydrogen) atoms. The summed E-state index contributed by atoms with van der Waals surface area (Å²) >= 11 is 0. The Morgan fingerprint density at radius 1 is 1.42 bits per heavy atom. The molecule has 1 fully saturated rings. The molecule has 8 heteroatoms. The molecule has 0 saturated carbocycles. The quantitative estimate of drug-likeness (QED) is 0.407. The minimum absolute atomic E-state index is 0. The van der Waals surface area contributed by atoms with Crippen LogP contribution in [0.3, 0.4) is 0 Å². The molecule has 0 unspecified atom stereocenters. The van der Waals surface area contributed by atoms with Gasteiger partial charge in [-0.05, 0) is 36.6 Å². The maximum absolute atomic E-state index is 12.1. The number of aliphatic carboxylic acids is 1. The van der Waals surface area contributed by atoms with Crippen LogP contribution in [0.15, 0.2) is 30.0 Å². The average Bonchev–Trinajstić information content (AvgIpc) is 2.82. The molecule has 0 spiro atoms. The fourth-order valence-corrected chi connectivity index (χ4v) is 3.39. The van der Waals surface area contributed by atoms with Crippen LogP contribution in [0.2, 0.25) is 0 Å². The number of carbonyl (C=O) groups is 3. The van der Waals surface area contributed by atoms with Crippen LogP contribution in [0.25, 0.3) is 5.57 Å². The molecule has 1 aromatic rings. The van der Waals surface area contributed by atoms with E-state index in [0.29, 0.717) is 17.6 Å². The fourth-order valence-electron chi connectivity index (χ4n) is 3.39. The first kappa shape index (κ1) is 18.7. The molecule has 2 aliphatic heterocycles. The number of hydrogen-bond acceptors (Lipinski definition) is 4. The zero-order chi connectivity index (χ0) is 16.9. The average molecular weight is 340 g/mol. The Bertz CT molecular complexity index is 765. The second kappa shape index (κ2) is 6.68. The monoisotopic (exact) mass is 340 g/mol. The molecular formula is C16H17N2NaO5. The third-order valence-corrected chi connectivity index (χ3v) is 4.43. The molecule has 0 aliphatic carbocycles. The number of carbonyl (C=O) groups excluding carboxylic acids is 2. The summed E-state index contributed by atoms with van der Waals surface area (Å²) in [5, 5.41) is 19.2. The van der Waals surface area contributed by atoms with E-state index in [0.717, 1.165) is 0 Å². The Balaban J connectivity index is 0.00000156. The number of nitrogens with zero attached hydrogens (tertiary/aromatic N) is 1. The van der Waals surface area contributed by atoms with Crippen molar-refractivity contribution >= 4 is 23.4 Å². The van der Waals surface area contributed by atoms with Crippen molar-refractivity contribution in [3.8, 4) is 0 Å². The van der Waals surface area contributed by atoms with Gasteiger partial charge >= 0.3 is 35.5 Å². The van der Waals surface area contributed by atoms with Crippen LogP contribution in [-0.4, -0.2) is 45.0 Å². The SMILES string of the molecule is C[C@@H](O)[C@H]1C(=O)N2C(C(=O)O)=C(c3cccc(C(N)=O)c3)C[C@H]12.[H-].[Na+]. The van der Waals surface area contributed by atoms with Gasteiger partial charge in [-0.15, -0.1) is 0 Å². The summed E-state index contributed by atoms with van der Waals surface area (Å²) in [4.78, 5) is 36.3. The van der Waals surface area contributed by atoms with Gasteiger partial charge in [-0.2, -0.15) is 0 Å². The van der Waals surface area contributed by atoms with Crippen LogP contribution < -0.4 is 35.3 Å². The number of amides is 2. The van der Waals surface area contributed by atoms with Gasteiger partial charge < -0.3 is 22.3 Å². The van der Waals surface area contributed by atoms with E-state index in [1.54, 1.807) is 18.2 Å². The van der Waals surface area contributed by atoms with Gasteiger partial charge in [0.05, 0.1) is 18.1 Å². The summed E-state index contributed by atoms with van der Waals surface area (Å²) in [5.41, 5.74) is 6.46. The van der Waals surface area contributed by atoms with Crippen LogP contribution >= 0.6 is 0 Å². The molecule has 3 rings (SSSR count). The third-order valence-electron chi connectivity index (χ3n) is 4.43. The van der Waals surface area contributed by atoms with Gasteiger partial charge in [0, 0.05) is 5.56 Å². The van der Waals surface area contributed by atoms with Gasteiger partial charge in [0.1, 0.15) is 5.70 Å². The van der Waals surface area contributed by atoms with Crippen molar-refractivity contribution in [2.45, 2.75) is 25.5 Å². The zero-order valence-corrected chi connectivity index (χ0v) is 15.4. The standard InChI is InChI=1S/C16H16N2O5.Na.H/c1-7(19)12-11-6-10(13(16(22)23)18(11)15(12)21)8-3-2-4-9(5-8)14(17)20;;/h2-5,7,11-12,19H,6H2,1H3,(H2,17,20)(H,22,23);;/q;+1;-1/t7-,11-,12-;;/m1../s1. The molecule has 0 aromatic heterocycles. The number of hydrogen-bond donors (Lipinski definition) is 3. The van der Waals surface area contributed by atoms with Crippen molar-refractivity contribution in [3.63, 3.8) is 0 Å². The number of carboxylic acids is 1. The summed E-state index contributed by atoms with van der Waals surface area (Å²) in [6, 6.07) is 6.00. The summed E-state index contributed by atoms with van der Waals surface area (Å²) < 4.78 is 0. The zero-order valence-electron chi connectivity index (χ0n) is 14.4. The first-order valence-corrected chi connectivity index (χ1v) is 7.20. The first-order valence-electron chi connectivity index (χ1n) is 7.20. The molecule has 122 valence electrons. The van der Waals surface area contributed by atoms with E-state index in [1.165, 1.54) is 17.9 Å². The topological polar surface area (TPSA) is 121 Å². The van der Waals surface area contributed by atoms with Crippen LogP contribution in [-0.2, 0) is 9.59 Å². The number of aliphatic hydroxyl groups excluding tert-OH is 1. The van der Waals surface area contributed by atoms with Gasteiger partial charge in [0.25, 0.3) is 0 Å². The van der Waals surface area contributed by atoms with Crippen molar-refractivity contribution in [1.29, 1.82) is 0 Å². The van der Waals surface area contributed by atoms with Gasteiger partial charge in [-0.1, -0.05) is 12.1 Å². The van der Waals surface area contributed by atoms with Gasteiger partial charge in [-0.25, -0.2) is 4.79 Å². The van der Waals surface area contributed by atoms with E-state index in [4.69, 9.17) is 5.73 Å². The van der Waals surface area contributed by atoms with E-state index < -0.39 is 23.9 Å². The summed E-state index contributed by atoms with van der Waals surface area (Å²) in [5.74, 6) is -2.79. The van der Waals surface area contributed by atoms with Crippen molar-refractivity contribution in [2.75, 3.05) is 0 Å². The van der Waals surface area contributed by atoms with E-state index in [2.05, 4.69) is 0 Å². The Morgan fingerprint density at radius 2 is 2.08 bits per heavy atom. The molecule has 0 bridgehead atoms. The normalized spacial score (nSPS) is 23.2. The minimum atomic E-state index is -1.20.